The van der Waals surface area contributed by atoms with Crippen LogP contribution in [-0.4, -0.2) is 28.7 Å². The van der Waals surface area contributed by atoms with Crippen molar-refractivity contribution >= 4 is 11.6 Å². The van der Waals surface area contributed by atoms with Gasteiger partial charge < -0.3 is 27.0 Å². The molecule has 0 aliphatic rings. The summed E-state index contributed by atoms with van der Waals surface area (Å²) in [7, 11) is 0. The van der Waals surface area contributed by atoms with E-state index in [0.29, 0.717) is 36.9 Å². The lowest BCUT2D eigenvalue weighted by Gasteiger charge is -2.17. The molecule has 1 atom stereocenters. The smallest absolute Gasteiger partial charge is 0.241 e. The van der Waals surface area contributed by atoms with E-state index in [9.17, 15) is 15.0 Å². The summed E-state index contributed by atoms with van der Waals surface area (Å²) in [6.45, 7) is 8.05. The number of benzene rings is 2. The molecular weight excluding hydrogens is 378 g/mol. The second-order valence-electron chi connectivity index (χ2n) is 7.26. The number of carbonyl (C=O) groups is 1. The van der Waals surface area contributed by atoms with Gasteiger partial charge >= 0.3 is 0 Å². The van der Waals surface area contributed by atoms with Gasteiger partial charge in [0, 0.05) is 11.1 Å². The molecule has 6 heteroatoms. The predicted octanol–water partition coefficient (Wildman–Crippen LogP) is 3.62. The molecule has 0 aliphatic carbocycles. The first-order valence-electron chi connectivity index (χ1n) is 10.1. The minimum atomic E-state index is -0.702. The average Bonchev–Trinajstić information content (AvgIpc) is 2.72. The van der Waals surface area contributed by atoms with Gasteiger partial charge in [0.15, 0.2) is 0 Å². The number of aromatic hydroxyl groups is 2. The van der Waals surface area contributed by atoms with Gasteiger partial charge in [0.2, 0.25) is 5.91 Å². The fraction of sp³-hybridized carbons (Fsp3) is 0.292. The topological polar surface area (TPSA) is 122 Å². The molecule has 6 nitrogen and oxygen atoms in total. The van der Waals surface area contributed by atoms with Crippen molar-refractivity contribution in [1.29, 1.82) is 0 Å². The fourth-order valence-electron chi connectivity index (χ4n) is 3.24. The van der Waals surface area contributed by atoms with Crippen LogP contribution in [-0.2, 0) is 17.6 Å². The first-order chi connectivity index (χ1) is 14.4. The first-order valence-corrected chi connectivity index (χ1v) is 10.1. The van der Waals surface area contributed by atoms with Crippen LogP contribution in [0.5, 0.6) is 11.5 Å². The lowest BCUT2D eigenvalue weighted by atomic mass is 9.96. The molecule has 1 amide bonds. The zero-order valence-corrected chi connectivity index (χ0v) is 17.2. The molecule has 0 fully saturated rings. The lowest BCUT2D eigenvalue weighted by molar-refractivity contribution is -0.117. The highest BCUT2D eigenvalue weighted by atomic mass is 16.3. The molecule has 0 saturated carbocycles. The van der Waals surface area contributed by atoms with Gasteiger partial charge in [-0.15, -0.1) is 13.2 Å². The lowest BCUT2D eigenvalue weighted by Crippen LogP contribution is -2.35. The van der Waals surface area contributed by atoms with E-state index >= 15 is 0 Å². The molecule has 2 rings (SSSR count). The number of phenols is 2. The Labute approximate surface area is 177 Å². The van der Waals surface area contributed by atoms with Gasteiger partial charge in [0.05, 0.1) is 11.7 Å². The van der Waals surface area contributed by atoms with Crippen LogP contribution in [0.4, 0.5) is 5.69 Å². The van der Waals surface area contributed by atoms with Gasteiger partial charge in [-0.05, 0) is 67.6 Å². The fourth-order valence-corrected chi connectivity index (χ4v) is 3.24. The van der Waals surface area contributed by atoms with Gasteiger partial charge in [-0.1, -0.05) is 24.6 Å². The number of unbranched alkanes of at least 4 members (excludes halogenated alkanes) is 1. The quantitative estimate of drug-likeness (QED) is 0.220. The molecule has 7 N–H and O–H groups in total. The predicted molar refractivity (Wildman–Crippen MR) is 123 cm³/mol. The second-order valence-corrected chi connectivity index (χ2v) is 7.26. The number of hydrogen-bond acceptors (Lipinski definition) is 5. The van der Waals surface area contributed by atoms with Crippen LogP contribution in [0.25, 0.3) is 11.1 Å². The van der Waals surface area contributed by atoms with Gasteiger partial charge in [-0.2, -0.15) is 0 Å². The molecule has 0 unspecified atom stereocenters. The van der Waals surface area contributed by atoms with Crippen molar-refractivity contribution in [3.05, 3.63) is 66.8 Å². The molecule has 2 aromatic rings. The molecule has 30 heavy (non-hydrogen) atoms. The van der Waals surface area contributed by atoms with Crippen molar-refractivity contribution in [1.82, 2.24) is 0 Å². The van der Waals surface area contributed by atoms with E-state index in [1.165, 1.54) is 0 Å². The third kappa shape index (κ3) is 5.95. The number of nitrogens with two attached hydrogens (primary N) is 2. The third-order valence-electron chi connectivity index (χ3n) is 4.84. The Kier molecular flexibility index (Phi) is 8.65. The van der Waals surface area contributed by atoms with Crippen molar-refractivity contribution in [2.75, 3.05) is 11.9 Å². The van der Waals surface area contributed by atoms with Crippen molar-refractivity contribution < 1.29 is 15.0 Å². The van der Waals surface area contributed by atoms with Crippen LogP contribution in [0, 0.1) is 0 Å². The summed E-state index contributed by atoms with van der Waals surface area (Å²) in [4.78, 5) is 12.5. The number of carbonyl (C=O) groups excluding carboxylic acids is 1. The third-order valence-corrected chi connectivity index (χ3v) is 4.84. The molecule has 0 saturated heterocycles. The molecule has 0 radical (unpaired) electrons. The zero-order valence-electron chi connectivity index (χ0n) is 17.2. The van der Waals surface area contributed by atoms with Gasteiger partial charge in [-0.3, -0.25) is 4.79 Å². The Morgan fingerprint density at radius 1 is 1.03 bits per heavy atom. The van der Waals surface area contributed by atoms with Crippen molar-refractivity contribution in [3.63, 3.8) is 0 Å². The summed E-state index contributed by atoms with van der Waals surface area (Å²) >= 11 is 0. The van der Waals surface area contributed by atoms with Crippen LogP contribution >= 0.6 is 0 Å². The monoisotopic (exact) mass is 409 g/mol. The Hall–Kier alpha value is -3.09. The van der Waals surface area contributed by atoms with E-state index in [2.05, 4.69) is 18.5 Å². The number of phenolic OH excluding ortho intramolecular Hbond substituents is 2. The van der Waals surface area contributed by atoms with Gasteiger partial charge in [0.25, 0.3) is 0 Å². The van der Waals surface area contributed by atoms with Gasteiger partial charge in [-0.25, -0.2) is 0 Å². The summed E-state index contributed by atoms with van der Waals surface area (Å²) in [5, 5.41) is 24.0. The van der Waals surface area contributed by atoms with Crippen LogP contribution < -0.4 is 16.8 Å². The van der Waals surface area contributed by atoms with Crippen LogP contribution in [0.3, 0.4) is 0 Å². The average molecular weight is 410 g/mol. The molecule has 0 aliphatic heterocycles. The first kappa shape index (κ1) is 23.2. The minimum absolute atomic E-state index is 0.0321. The highest BCUT2D eigenvalue weighted by molar-refractivity contribution is 5.97. The number of rotatable bonds is 11. The molecule has 160 valence electrons. The molecule has 2 aromatic carbocycles. The minimum Gasteiger partial charge on any atom is -0.507 e. The Balaban J connectivity index is 2.42. The maximum Gasteiger partial charge on any atom is 0.241 e. The number of nitrogens with one attached hydrogen (secondary N) is 1. The SMILES string of the molecule is C=CCc1ccc(O)c(-c2cc(CC=C)cc(NC(=O)[C@H](N)CCCCN)c2O)c1. The van der Waals surface area contributed by atoms with E-state index in [1.54, 1.807) is 42.5 Å². The normalized spacial score (nSPS) is 11.7. The van der Waals surface area contributed by atoms with Crippen molar-refractivity contribution in [2.45, 2.75) is 38.1 Å². The highest BCUT2D eigenvalue weighted by Gasteiger charge is 2.19. The number of allylic oxidation sites excluding steroid dienone is 2. The van der Waals surface area contributed by atoms with E-state index in [1.807, 2.05) is 0 Å². The van der Waals surface area contributed by atoms with E-state index in [-0.39, 0.29) is 23.1 Å². The molecule has 0 heterocycles. The number of amides is 1. The Morgan fingerprint density at radius 2 is 1.70 bits per heavy atom. The van der Waals surface area contributed by atoms with Gasteiger partial charge in [0.1, 0.15) is 11.5 Å². The summed E-state index contributed by atoms with van der Waals surface area (Å²) in [6.07, 6.45) is 6.71. The molecular formula is C24H31N3O3. The van der Waals surface area contributed by atoms with Crippen molar-refractivity contribution in [2.24, 2.45) is 11.5 Å². The maximum atomic E-state index is 12.5. The number of hydrogen-bond donors (Lipinski definition) is 5. The highest BCUT2D eigenvalue weighted by Crippen LogP contribution is 2.41. The van der Waals surface area contributed by atoms with Crippen LogP contribution in [0.15, 0.2) is 55.6 Å². The van der Waals surface area contributed by atoms with E-state index in [4.69, 9.17) is 11.5 Å². The molecule has 0 bridgehead atoms. The Morgan fingerprint density at radius 3 is 2.37 bits per heavy atom. The largest absolute Gasteiger partial charge is 0.507 e. The summed E-state index contributed by atoms with van der Waals surface area (Å²) in [5.41, 5.74) is 14.4. The van der Waals surface area contributed by atoms with Crippen molar-refractivity contribution in [3.8, 4) is 22.6 Å². The standard InChI is InChI=1S/C24H31N3O3/c1-3-7-16-10-11-22(28)18(13-16)19-14-17(8-4-2)15-21(23(19)29)27-24(30)20(26)9-5-6-12-25/h3-4,10-11,13-15,20,28-29H,1-2,5-9,12,25-26H2,(H,27,30)/t20-/m1/s1. The summed E-state index contributed by atoms with van der Waals surface area (Å²) in [5.74, 6) is -0.477. The van der Waals surface area contributed by atoms with E-state index in [0.717, 1.165) is 24.0 Å². The maximum absolute atomic E-state index is 12.5. The zero-order chi connectivity index (χ0) is 22.1. The molecule has 0 aromatic heterocycles. The summed E-state index contributed by atoms with van der Waals surface area (Å²) < 4.78 is 0. The van der Waals surface area contributed by atoms with Crippen LogP contribution in [0.1, 0.15) is 30.4 Å². The van der Waals surface area contributed by atoms with Crippen LogP contribution in [0.2, 0.25) is 0 Å². The Bertz CT molecular complexity index is 909. The summed E-state index contributed by atoms with van der Waals surface area (Å²) in [6, 6.07) is 7.95. The molecule has 0 spiro atoms. The number of anilines is 1. The van der Waals surface area contributed by atoms with E-state index < -0.39 is 6.04 Å². The second kappa shape index (κ2) is 11.2.